The van der Waals surface area contributed by atoms with E-state index in [1.807, 2.05) is 60.7 Å². The maximum Gasteiger partial charge on any atom is 0.343 e. The number of para-hydroxylation sites is 1. The zero-order valence-electron chi connectivity index (χ0n) is 18.2. The summed E-state index contributed by atoms with van der Waals surface area (Å²) in [6, 6.07) is 21.3. The predicted molar refractivity (Wildman–Crippen MR) is 123 cm³/mol. The van der Waals surface area contributed by atoms with Gasteiger partial charge in [0.15, 0.2) is 0 Å². The van der Waals surface area contributed by atoms with Gasteiger partial charge < -0.3 is 14.2 Å². The lowest BCUT2D eigenvalue weighted by atomic mass is 10.1. The molecule has 34 heavy (non-hydrogen) atoms. The second-order valence-electron chi connectivity index (χ2n) is 7.80. The monoisotopic (exact) mass is 478 g/mol. The van der Waals surface area contributed by atoms with Crippen LogP contribution >= 0.6 is 11.6 Å². The number of hydrogen-bond acceptors (Lipinski definition) is 5. The lowest BCUT2D eigenvalue weighted by Crippen LogP contribution is -2.20. The smallest absolute Gasteiger partial charge is 0.343 e. The molecular formula is C26H20ClFN2O4. The summed E-state index contributed by atoms with van der Waals surface area (Å²) in [7, 11) is 0. The van der Waals surface area contributed by atoms with Gasteiger partial charge in [0.1, 0.15) is 28.9 Å². The van der Waals surface area contributed by atoms with E-state index in [0.29, 0.717) is 28.3 Å². The molecule has 8 heteroatoms. The van der Waals surface area contributed by atoms with Crippen LogP contribution in [0.2, 0.25) is 5.15 Å². The molecule has 0 N–H and O–H groups in total. The first-order valence-corrected chi connectivity index (χ1v) is 11.0. The second kappa shape index (κ2) is 9.29. The summed E-state index contributed by atoms with van der Waals surface area (Å²) < 4.78 is 33.0. The molecule has 1 aliphatic rings. The summed E-state index contributed by atoms with van der Waals surface area (Å²) in [5.41, 5.74) is 3.07. The van der Waals surface area contributed by atoms with Gasteiger partial charge in [0.2, 0.25) is 6.29 Å². The van der Waals surface area contributed by atoms with E-state index in [2.05, 4.69) is 5.10 Å². The van der Waals surface area contributed by atoms with Crippen molar-refractivity contribution in [3.8, 4) is 11.4 Å². The van der Waals surface area contributed by atoms with E-state index >= 15 is 0 Å². The third-order valence-electron chi connectivity index (χ3n) is 5.46. The van der Waals surface area contributed by atoms with Crippen LogP contribution in [0.15, 0.2) is 72.8 Å². The average molecular weight is 479 g/mol. The van der Waals surface area contributed by atoms with Crippen molar-refractivity contribution < 1.29 is 23.4 Å². The highest BCUT2D eigenvalue weighted by Crippen LogP contribution is 2.37. The van der Waals surface area contributed by atoms with Crippen molar-refractivity contribution >= 4 is 17.6 Å². The van der Waals surface area contributed by atoms with Crippen molar-refractivity contribution in [1.29, 1.82) is 0 Å². The van der Waals surface area contributed by atoms with Crippen molar-refractivity contribution in [1.82, 2.24) is 9.78 Å². The number of nitrogens with zero attached hydrogens (tertiary/aromatic N) is 2. The number of halogens is 2. The van der Waals surface area contributed by atoms with E-state index in [1.54, 1.807) is 6.92 Å². The van der Waals surface area contributed by atoms with Crippen LogP contribution in [-0.4, -0.2) is 15.7 Å². The lowest BCUT2D eigenvalue weighted by molar-refractivity contribution is -0.112. The van der Waals surface area contributed by atoms with Gasteiger partial charge in [-0.15, -0.1) is 0 Å². The van der Waals surface area contributed by atoms with E-state index in [9.17, 15) is 9.18 Å². The van der Waals surface area contributed by atoms with Gasteiger partial charge in [-0.2, -0.15) is 5.10 Å². The molecule has 2 heterocycles. The Morgan fingerprint density at radius 2 is 1.85 bits per heavy atom. The topological polar surface area (TPSA) is 62.6 Å². The SMILES string of the molecule is Cc1nn(-c2ccccc2)c(Cl)c1C(=O)OCc1cc(F)cc2c1O[C@@H](c1ccccc1)OC2. The molecule has 0 radical (unpaired) electrons. The zero-order valence-corrected chi connectivity index (χ0v) is 19.0. The van der Waals surface area contributed by atoms with Crippen LogP contribution in [0.3, 0.4) is 0 Å². The Hall–Kier alpha value is -3.68. The van der Waals surface area contributed by atoms with E-state index in [1.165, 1.54) is 16.8 Å². The van der Waals surface area contributed by atoms with E-state index < -0.39 is 18.1 Å². The Balaban J connectivity index is 1.38. The molecule has 0 unspecified atom stereocenters. The molecule has 6 nitrogen and oxygen atoms in total. The normalized spacial score (nSPS) is 14.9. The second-order valence-corrected chi connectivity index (χ2v) is 8.16. The zero-order chi connectivity index (χ0) is 23.7. The van der Waals surface area contributed by atoms with Crippen molar-refractivity contribution in [3.63, 3.8) is 0 Å². The summed E-state index contributed by atoms with van der Waals surface area (Å²) in [4.78, 5) is 12.9. The first-order chi connectivity index (χ1) is 16.5. The summed E-state index contributed by atoms with van der Waals surface area (Å²) in [5, 5.41) is 4.51. The molecule has 172 valence electrons. The van der Waals surface area contributed by atoms with Gasteiger partial charge in [-0.05, 0) is 31.2 Å². The number of carbonyl (C=O) groups is 1. The van der Waals surface area contributed by atoms with Crippen molar-refractivity contribution in [2.75, 3.05) is 0 Å². The van der Waals surface area contributed by atoms with Crippen LogP contribution in [0.4, 0.5) is 4.39 Å². The molecule has 1 atom stereocenters. The van der Waals surface area contributed by atoms with E-state index in [0.717, 1.165) is 5.56 Å². The first kappa shape index (κ1) is 22.1. The molecule has 0 spiro atoms. The first-order valence-electron chi connectivity index (χ1n) is 10.6. The highest BCUT2D eigenvalue weighted by Gasteiger charge is 2.27. The molecule has 5 rings (SSSR count). The van der Waals surface area contributed by atoms with Gasteiger partial charge in [0, 0.05) is 16.7 Å². The predicted octanol–water partition coefficient (Wildman–Crippen LogP) is 5.94. The summed E-state index contributed by atoms with van der Waals surface area (Å²) in [6.45, 7) is 1.64. The molecule has 0 aliphatic carbocycles. The summed E-state index contributed by atoms with van der Waals surface area (Å²) in [5.74, 6) is -0.687. The maximum absolute atomic E-state index is 14.3. The fourth-order valence-corrected chi connectivity index (χ4v) is 4.19. The molecule has 0 bridgehead atoms. The molecular weight excluding hydrogens is 459 g/mol. The Morgan fingerprint density at radius 3 is 2.59 bits per heavy atom. The molecule has 0 saturated carbocycles. The number of ether oxygens (including phenoxy) is 3. The maximum atomic E-state index is 14.3. The fourth-order valence-electron chi connectivity index (χ4n) is 3.85. The van der Waals surface area contributed by atoms with Crippen LogP contribution in [0, 0.1) is 12.7 Å². The number of hydrogen-bond donors (Lipinski definition) is 0. The molecule has 1 aromatic heterocycles. The third kappa shape index (κ3) is 4.27. The highest BCUT2D eigenvalue weighted by molar-refractivity contribution is 6.33. The van der Waals surface area contributed by atoms with Crippen LogP contribution < -0.4 is 4.74 Å². The highest BCUT2D eigenvalue weighted by atomic mass is 35.5. The van der Waals surface area contributed by atoms with E-state index in [4.69, 9.17) is 25.8 Å². The summed E-state index contributed by atoms with van der Waals surface area (Å²) in [6.07, 6.45) is -0.644. The quantitative estimate of drug-likeness (QED) is 0.332. The Labute approximate surface area is 200 Å². The van der Waals surface area contributed by atoms with Gasteiger partial charge in [0.05, 0.1) is 18.0 Å². The molecule has 0 amide bonds. The number of benzene rings is 3. The number of aryl methyl sites for hydroxylation is 1. The van der Waals surface area contributed by atoms with Crippen LogP contribution in [0.25, 0.3) is 5.69 Å². The molecule has 1 aliphatic heterocycles. The number of rotatable bonds is 5. The van der Waals surface area contributed by atoms with Gasteiger partial charge >= 0.3 is 5.97 Å². The largest absolute Gasteiger partial charge is 0.460 e. The van der Waals surface area contributed by atoms with E-state index in [-0.39, 0.29) is 23.9 Å². The molecule has 0 saturated heterocycles. The number of carbonyl (C=O) groups excluding carboxylic acids is 1. The van der Waals surface area contributed by atoms with Gasteiger partial charge in [0.25, 0.3) is 0 Å². The Morgan fingerprint density at radius 1 is 1.15 bits per heavy atom. The van der Waals surface area contributed by atoms with Gasteiger partial charge in [-0.25, -0.2) is 13.9 Å². The summed E-state index contributed by atoms with van der Waals surface area (Å²) >= 11 is 6.47. The minimum absolute atomic E-state index is 0.142. The average Bonchev–Trinajstić information content (AvgIpc) is 3.16. The third-order valence-corrected chi connectivity index (χ3v) is 5.81. The lowest BCUT2D eigenvalue weighted by Gasteiger charge is -2.28. The number of esters is 1. The molecule has 0 fully saturated rings. The Bertz CT molecular complexity index is 1340. The van der Waals surface area contributed by atoms with Gasteiger partial charge in [-0.3, -0.25) is 0 Å². The van der Waals surface area contributed by atoms with Crippen LogP contribution in [-0.2, 0) is 22.7 Å². The standard InChI is InChI=1S/C26H20ClFN2O4/c1-16-22(24(27)30(29-16)21-10-6-3-7-11-21)25(31)32-14-18-12-20(28)13-19-15-33-26(34-23(18)19)17-8-4-2-5-9-17/h2-13,26H,14-15H2,1H3/t26-/m0/s1. The van der Waals surface area contributed by atoms with Gasteiger partial charge in [-0.1, -0.05) is 60.1 Å². The minimum atomic E-state index is -0.658. The minimum Gasteiger partial charge on any atom is -0.460 e. The Kier molecular flexibility index (Phi) is 6.04. The number of aromatic nitrogens is 2. The van der Waals surface area contributed by atoms with Crippen molar-refractivity contribution in [2.45, 2.75) is 26.4 Å². The van der Waals surface area contributed by atoms with Crippen LogP contribution in [0.1, 0.15) is 39.0 Å². The molecule has 4 aromatic rings. The van der Waals surface area contributed by atoms with Crippen molar-refractivity contribution in [2.24, 2.45) is 0 Å². The van der Waals surface area contributed by atoms with Crippen molar-refractivity contribution in [3.05, 3.63) is 112 Å². The molecule has 3 aromatic carbocycles. The van der Waals surface area contributed by atoms with Crippen LogP contribution in [0.5, 0.6) is 5.75 Å². The number of fused-ring (bicyclic) bond motifs is 1. The fraction of sp³-hybridized carbons (Fsp3) is 0.154.